The third-order valence-electron chi connectivity index (χ3n) is 3.70. The number of amides is 1. The van der Waals surface area contributed by atoms with Gasteiger partial charge >= 0.3 is 0 Å². The van der Waals surface area contributed by atoms with Gasteiger partial charge in [-0.1, -0.05) is 24.4 Å². The van der Waals surface area contributed by atoms with E-state index in [1.807, 2.05) is 6.92 Å². The zero-order valence-electron chi connectivity index (χ0n) is 11.7. The average molecular weight is 313 g/mol. The fourth-order valence-corrected chi connectivity index (χ4v) is 3.68. The van der Waals surface area contributed by atoms with Crippen LogP contribution in [0.4, 0.5) is 11.4 Å². The Morgan fingerprint density at radius 1 is 1.50 bits per heavy atom. The molecule has 110 valence electrons. The molecule has 1 atom stereocenters. The fourth-order valence-electron chi connectivity index (χ4n) is 2.40. The lowest BCUT2D eigenvalue weighted by Crippen LogP contribution is -2.24. The van der Waals surface area contributed by atoms with E-state index < -0.39 is 0 Å². The van der Waals surface area contributed by atoms with Crippen molar-refractivity contribution in [1.82, 2.24) is 0 Å². The van der Waals surface area contributed by atoms with Crippen molar-refractivity contribution in [3.8, 4) is 0 Å². The molecule has 1 saturated carbocycles. The zero-order valence-corrected chi connectivity index (χ0v) is 13.3. The highest BCUT2D eigenvalue weighted by Gasteiger charge is 2.19. The minimum atomic E-state index is -0.0750. The molecule has 0 saturated heterocycles. The molecule has 1 aliphatic carbocycles. The number of hydrogen-bond acceptors (Lipinski definition) is 3. The Kier molecular flexibility index (Phi) is 5.61. The first-order valence-corrected chi connectivity index (χ1v) is 8.46. The number of thioether (sulfide) groups is 1. The van der Waals surface area contributed by atoms with Gasteiger partial charge in [0.1, 0.15) is 0 Å². The van der Waals surface area contributed by atoms with Gasteiger partial charge in [0.05, 0.1) is 16.6 Å². The maximum atomic E-state index is 12.2. The largest absolute Gasteiger partial charge is 0.397 e. The first kappa shape index (κ1) is 15.5. The van der Waals surface area contributed by atoms with Crippen molar-refractivity contribution in [3.63, 3.8) is 0 Å². The topological polar surface area (TPSA) is 55.1 Å². The Bertz CT molecular complexity index is 475. The summed E-state index contributed by atoms with van der Waals surface area (Å²) in [5.74, 6) is 1.84. The Hall–Kier alpha value is -0.870. The van der Waals surface area contributed by atoms with Gasteiger partial charge < -0.3 is 11.1 Å². The molecule has 1 aliphatic rings. The van der Waals surface area contributed by atoms with Crippen LogP contribution in [0.25, 0.3) is 0 Å². The lowest BCUT2D eigenvalue weighted by molar-refractivity contribution is -0.115. The number of hydrogen-bond donors (Lipinski definition) is 2. The van der Waals surface area contributed by atoms with E-state index in [1.54, 1.807) is 30.0 Å². The molecule has 0 radical (unpaired) electrons. The monoisotopic (exact) mass is 312 g/mol. The van der Waals surface area contributed by atoms with Crippen LogP contribution < -0.4 is 11.1 Å². The number of nitrogen functional groups attached to an aromatic ring is 1. The van der Waals surface area contributed by atoms with Crippen molar-refractivity contribution in [3.05, 3.63) is 23.2 Å². The molecular formula is C15H21ClN2OS. The predicted molar refractivity (Wildman–Crippen MR) is 88.4 cm³/mol. The lowest BCUT2D eigenvalue weighted by Gasteiger charge is -2.15. The van der Waals surface area contributed by atoms with Crippen LogP contribution in [0, 0.1) is 5.92 Å². The molecule has 20 heavy (non-hydrogen) atoms. The van der Waals surface area contributed by atoms with Crippen molar-refractivity contribution in [2.75, 3.05) is 16.8 Å². The maximum absolute atomic E-state index is 12.2. The van der Waals surface area contributed by atoms with Gasteiger partial charge in [0.25, 0.3) is 0 Å². The highest BCUT2D eigenvalue weighted by molar-refractivity contribution is 8.00. The van der Waals surface area contributed by atoms with Crippen molar-refractivity contribution < 1.29 is 4.79 Å². The number of nitrogens with two attached hydrogens (primary N) is 1. The molecule has 5 heteroatoms. The van der Waals surface area contributed by atoms with Crippen LogP contribution in [0.3, 0.4) is 0 Å². The summed E-state index contributed by atoms with van der Waals surface area (Å²) in [7, 11) is 0. The highest BCUT2D eigenvalue weighted by Crippen LogP contribution is 2.30. The molecular weight excluding hydrogens is 292 g/mol. The van der Waals surface area contributed by atoms with Crippen molar-refractivity contribution >= 4 is 40.6 Å². The molecule has 1 aromatic carbocycles. The second kappa shape index (κ2) is 7.23. The van der Waals surface area contributed by atoms with Crippen LogP contribution >= 0.6 is 23.4 Å². The summed E-state index contributed by atoms with van der Waals surface area (Å²) in [6.45, 7) is 1.94. The zero-order chi connectivity index (χ0) is 14.5. The summed E-state index contributed by atoms with van der Waals surface area (Å²) in [4.78, 5) is 12.2. The number of carbonyl (C=O) groups excluding carboxylic acids is 1. The smallest absolute Gasteiger partial charge is 0.237 e. The second-order valence-corrected chi connectivity index (χ2v) is 7.16. The van der Waals surface area contributed by atoms with E-state index in [4.69, 9.17) is 17.3 Å². The molecule has 1 unspecified atom stereocenters. The van der Waals surface area contributed by atoms with E-state index in [1.165, 1.54) is 25.7 Å². The molecule has 1 aromatic rings. The molecule has 0 spiro atoms. The van der Waals surface area contributed by atoms with E-state index in [0.29, 0.717) is 16.4 Å². The van der Waals surface area contributed by atoms with Gasteiger partial charge in [-0.25, -0.2) is 0 Å². The second-order valence-electron chi connectivity index (χ2n) is 5.35. The van der Waals surface area contributed by atoms with Gasteiger partial charge in [-0.15, -0.1) is 11.8 Å². The highest BCUT2D eigenvalue weighted by atomic mass is 35.5. The van der Waals surface area contributed by atoms with Gasteiger partial charge in [-0.3, -0.25) is 4.79 Å². The predicted octanol–water partition coefficient (Wildman–Crippen LogP) is 4.17. The number of halogens is 1. The number of anilines is 2. The standard InChI is InChI=1S/C15H21ClN2OS/c1-10(20-9-11-4-2-3-5-11)15(19)18-14-8-12(16)6-7-13(14)17/h6-8,10-11H,2-5,9,17H2,1H3,(H,18,19). The van der Waals surface area contributed by atoms with E-state index in [2.05, 4.69) is 5.32 Å². The molecule has 2 rings (SSSR count). The van der Waals surface area contributed by atoms with Gasteiger partial charge in [-0.2, -0.15) is 0 Å². The third kappa shape index (κ3) is 4.32. The van der Waals surface area contributed by atoms with Gasteiger partial charge in [0.2, 0.25) is 5.91 Å². The maximum Gasteiger partial charge on any atom is 0.237 e. The molecule has 0 heterocycles. The Morgan fingerprint density at radius 3 is 2.90 bits per heavy atom. The molecule has 1 amide bonds. The Labute approximate surface area is 129 Å². The van der Waals surface area contributed by atoms with Crippen LogP contribution in [0.1, 0.15) is 32.6 Å². The van der Waals surface area contributed by atoms with Crippen molar-refractivity contribution in [2.24, 2.45) is 5.92 Å². The summed E-state index contributed by atoms with van der Waals surface area (Å²) in [5.41, 5.74) is 6.96. The quantitative estimate of drug-likeness (QED) is 0.802. The Balaban J connectivity index is 1.85. The van der Waals surface area contributed by atoms with E-state index in [-0.39, 0.29) is 11.2 Å². The number of nitrogens with one attached hydrogen (secondary N) is 1. The van der Waals surface area contributed by atoms with Crippen molar-refractivity contribution in [1.29, 1.82) is 0 Å². The van der Waals surface area contributed by atoms with Gasteiger partial charge in [0, 0.05) is 5.02 Å². The number of carbonyl (C=O) groups is 1. The summed E-state index contributed by atoms with van der Waals surface area (Å²) < 4.78 is 0. The summed E-state index contributed by atoms with van der Waals surface area (Å²) in [5, 5.41) is 3.35. The van der Waals surface area contributed by atoms with E-state index in [9.17, 15) is 4.79 Å². The normalized spacial score (nSPS) is 17.1. The van der Waals surface area contributed by atoms with Crippen molar-refractivity contribution in [2.45, 2.75) is 37.9 Å². The summed E-state index contributed by atoms with van der Waals surface area (Å²) in [6.07, 6.45) is 5.29. The molecule has 1 fully saturated rings. The number of rotatable bonds is 5. The minimum Gasteiger partial charge on any atom is -0.397 e. The van der Waals surface area contributed by atoms with Crippen LogP contribution in [0.5, 0.6) is 0 Å². The fraction of sp³-hybridized carbons (Fsp3) is 0.533. The molecule has 3 nitrogen and oxygen atoms in total. The van der Waals surface area contributed by atoms with E-state index in [0.717, 1.165) is 11.7 Å². The van der Waals surface area contributed by atoms with Gasteiger partial charge in [0.15, 0.2) is 0 Å². The van der Waals surface area contributed by atoms with Crippen LogP contribution in [-0.4, -0.2) is 16.9 Å². The van der Waals surface area contributed by atoms with Crippen LogP contribution in [-0.2, 0) is 4.79 Å². The molecule has 0 aliphatic heterocycles. The molecule has 0 aromatic heterocycles. The lowest BCUT2D eigenvalue weighted by atomic mass is 10.1. The first-order valence-electron chi connectivity index (χ1n) is 7.03. The van der Waals surface area contributed by atoms with Gasteiger partial charge in [-0.05, 0) is 49.6 Å². The molecule has 0 bridgehead atoms. The summed E-state index contributed by atoms with van der Waals surface area (Å²) in [6, 6.07) is 5.10. The first-order chi connectivity index (χ1) is 9.56. The Morgan fingerprint density at radius 2 is 2.20 bits per heavy atom. The summed E-state index contributed by atoms with van der Waals surface area (Å²) >= 11 is 7.64. The minimum absolute atomic E-state index is 0.0121. The third-order valence-corrected chi connectivity index (χ3v) is 5.31. The average Bonchev–Trinajstić information content (AvgIpc) is 2.93. The van der Waals surface area contributed by atoms with E-state index >= 15 is 0 Å². The van der Waals surface area contributed by atoms with Crippen LogP contribution in [0.2, 0.25) is 5.02 Å². The number of benzene rings is 1. The molecule has 3 N–H and O–H groups in total. The SMILES string of the molecule is CC(SCC1CCCC1)C(=O)Nc1cc(Cl)ccc1N. The van der Waals surface area contributed by atoms with Crippen LogP contribution in [0.15, 0.2) is 18.2 Å².